The summed E-state index contributed by atoms with van der Waals surface area (Å²) in [6.07, 6.45) is 2.80. The number of nitrogens with zero attached hydrogens (tertiary/aromatic N) is 1. The number of rotatable bonds is 3. The van der Waals surface area contributed by atoms with E-state index in [1.165, 1.54) is 32.5 Å². The Morgan fingerprint density at radius 1 is 1.20 bits per heavy atom. The Morgan fingerprint density at radius 3 is 2.75 bits per heavy atom. The Bertz CT molecular complexity index is 504. The summed E-state index contributed by atoms with van der Waals surface area (Å²) in [5, 5.41) is 3.58. The zero-order valence-corrected chi connectivity index (χ0v) is 12.7. The molecular weight excluding hydrogens is 244 g/mol. The molecule has 4 rings (SSSR count). The summed E-state index contributed by atoms with van der Waals surface area (Å²) in [5.74, 6) is 2.55. The molecule has 3 fully saturated rings. The van der Waals surface area contributed by atoms with Crippen molar-refractivity contribution in [1.29, 1.82) is 0 Å². The Labute approximate surface area is 122 Å². The van der Waals surface area contributed by atoms with Gasteiger partial charge in [-0.05, 0) is 62.1 Å². The third-order valence-electron chi connectivity index (χ3n) is 5.95. The fourth-order valence-electron chi connectivity index (χ4n) is 4.45. The number of hydrogen-bond donors (Lipinski definition) is 1. The maximum atomic E-state index is 3.58. The predicted molar refractivity (Wildman–Crippen MR) is 82.8 cm³/mol. The minimum Gasteiger partial charge on any atom is -0.316 e. The average Bonchev–Trinajstić information content (AvgIpc) is 3.11. The van der Waals surface area contributed by atoms with Crippen LogP contribution in [-0.4, -0.2) is 30.1 Å². The van der Waals surface area contributed by atoms with E-state index in [2.05, 4.69) is 48.3 Å². The number of hydrogen-bond acceptors (Lipinski definition) is 2. The summed E-state index contributed by atoms with van der Waals surface area (Å²) in [6, 6.07) is 9.14. The van der Waals surface area contributed by atoms with Gasteiger partial charge in [0.2, 0.25) is 0 Å². The second kappa shape index (κ2) is 4.57. The number of nitrogens with one attached hydrogen (secondary N) is 1. The molecule has 1 N–H and O–H groups in total. The van der Waals surface area contributed by atoms with Gasteiger partial charge in [-0.2, -0.15) is 0 Å². The molecule has 0 aromatic heterocycles. The van der Waals surface area contributed by atoms with Crippen LogP contribution < -0.4 is 5.32 Å². The molecule has 2 aliphatic heterocycles. The topological polar surface area (TPSA) is 15.3 Å². The third kappa shape index (κ3) is 2.01. The van der Waals surface area contributed by atoms with E-state index in [1.807, 2.05) is 0 Å². The van der Waals surface area contributed by atoms with Crippen LogP contribution in [0.5, 0.6) is 0 Å². The molecule has 20 heavy (non-hydrogen) atoms. The van der Waals surface area contributed by atoms with E-state index in [9.17, 15) is 0 Å². The zero-order valence-electron chi connectivity index (χ0n) is 12.7. The Kier molecular flexibility index (Phi) is 2.94. The van der Waals surface area contributed by atoms with Gasteiger partial charge < -0.3 is 5.32 Å². The maximum Gasteiger partial charge on any atom is 0.0242 e. The van der Waals surface area contributed by atoms with Crippen molar-refractivity contribution in [2.75, 3.05) is 19.6 Å². The number of likely N-dealkylation sites (tertiary alicyclic amines) is 1. The quantitative estimate of drug-likeness (QED) is 0.908. The molecule has 108 valence electrons. The first-order valence-electron chi connectivity index (χ1n) is 8.20. The summed E-state index contributed by atoms with van der Waals surface area (Å²) in [5.41, 5.74) is 3.54. The number of fused-ring (bicyclic) bond motifs is 1. The maximum absolute atomic E-state index is 3.58. The molecule has 1 aliphatic carbocycles. The summed E-state index contributed by atoms with van der Waals surface area (Å²) in [7, 11) is 0. The minimum absolute atomic E-state index is 0.338. The van der Waals surface area contributed by atoms with Crippen molar-refractivity contribution < 1.29 is 0 Å². The van der Waals surface area contributed by atoms with Crippen molar-refractivity contribution >= 4 is 0 Å². The predicted octanol–water partition coefficient (Wildman–Crippen LogP) is 2.99. The van der Waals surface area contributed by atoms with Gasteiger partial charge in [-0.25, -0.2) is 0 Å². The van der Waals surface area contributed by atoms with Gasteiger partial charge in [-0.15, -0.1) is 0 Å². The summed E-state index contributed by atoms with van der Waals surface area (Å²) in [6.45, 7) is 9.73. The fourth-order valence-corrected chi connectivity index (χ4v) is 4.45. The molecule has 1 aromatic rings. The normalized spacial score (nSPS) is 32.5. The van der Waals surface area contributed by atoms with Gasteiger partial charge in [0.05, 0.1) is 0 Å². The van der Waals surface area contributed by atoms with E-state index in [1.54, 1.807) is 11.1 Å². The molecular formula is C18H26N2. The lowest BCUT2D eigenvalue weighted by atomic mass is 9.84. The van der Waals surface area contributed by atoms with E-state index >= 15 is 0 Å². The van der Waals surface area contributed by atoms with Gasteiger partial charge in [0.25, 0.3) is 0 Å². The molecule has 2 atom stereocenters. The van der Waals surface area contributed by atoms with Crippen LogP contribution in [0.25, 0.3) is 0 Å². The van der Waals surface area contributed by atoms with Gasteiger partial charge in [0, 0.05) is 25.2 Å². The van der Waals surface area contributed by atoms with Crippen LogP contribution in [0.1, 0.15) is 43.7 Å². The average molecular weight is 270 g/mol. The van der Waals surface area contributed by atoms with Gasteiger partial charge in [-0.1, -0.05) is 24.3 Å². The first-order chi connectivity index (χ1) is 9.66. The minimum atomic E-state index is 0.338. The van der Waals surface area contributed by atoms with Crippen LogP contribution in [0.4, 0.5) is 0 Å². The van der Waals surface area contributed by atoms with E-state index in [0.29, 0.717) is 5.54 Å². The van der Waals surface area contributed by atoms with Crippen molar-refractivity contribution in [1.82, 2.24) is 10.2 Å². The van der Waals surface area contributed by atoms with Crippen molar-refractivity contribution in [3.63, 3.8) is 0 Å². The lowest BCUT2D eigenvalue weighted by Gasteiger charge is -2.36. The third-order valence-corrected chi connectivity index (χ3v) is 5.95. The van der Waals surface area contributed by atoms with Crippen LogP contribution in [0.15, 0.2) is 24.3 Å². The molecule has 3 aliphatic rings. The second-order valence-electron chi connectivity index (χ2n) is 7.53. The largest absolute Gasteiger partial charge is 0.316 e. The highest BCUT2D eigenvalue weighted by molar-refractivity contribution is 5.33. The first kappa shape index (κ1) is 12.8. The van der Waals surface area contributed by atoms with Crippen molar-refractivity contribution in [3.05, 3.63) is 35.4 Å². The summed E-state index contributed by atoms with van der Waals surface area (Å²) in [4.78, 5) is 2.74. The van der Waals surface area contributed by atoms with Crippen LogP contribution >= 0.6 is 0 Å². The molecule has 1 saturated carbocycles. The second-order valence-corrected chi connectivity index (χ2v) is 7.53. The first-order valence-corrected chi connectivity index (χ1v) is 8.20. The van der Waals surface area contributed by atoms with Gasteiger partial charge in [0.15, 0.2) is 0 Å². The molecule has 2 saturated heterocycles. The Morgan fingerprint density at radius 2 is 2.00 bits per heavy atom. The highest BCUT2D eigenvalue weighted by atomic mass is 15.2. The van der Waals surface area contributed by atoms with Gasteiger partial charge >= 0.3 is 0 Å². The molecule has 0 spiro atoms. The van der Waals surface area contributed by atoms with Crippen LogP contribution in [0.3, 0.4) is 0 Å². The molecule has 0 bridgehead atoms. The molecule has 0 radical (unpaired) electrons. The smallest absolute Gasteiger partial charge is 0.0242 e. The van der Waals surface area contributed by atoms with Gasteiger partial charge in [0.1, 0.15) is 0 Å². The van der Waals surface area contributed by atoms with E-state index < -0.39 is 0 Å². The van der Waals surface area contributed by atoms with Crippen molar-refractivity contribution in [3.8, 4) is 0 Å². The Balaban J connectivity index is 1.57. The van der Waals surface area contributed by atoms with Crippen molar-refractivity contribution in [2.45, 2.75) is 44.7 Å². The molecule has 1 aromatic carbocycles. The lowest BCUT2D eigenvalue weighted by molar-refractivity contribution is 0.131. The van der Waals surface area contributed by atoms with Crippen LogP contribution in [0.2, 0.25) is 0 Å². The monoisotopic (exact) mass is 270 g/mol. The highest BCUT2D eigenvalue weighted by Gasteiger charge is 2.49. The van der Waals surface area contributed by atoms with E-state index in [-0.39, 0.29) is 0 Å². The molecule has 2 heteroatoms. The molecule has 0 amide bonds. The molecule has 2 nitrogen and oxygen atoms in total. The Hall–Kier alpha value is -0.860. The SMILES string of the molecule is CC1(C)C2CNCC2CN1Cc1ccccc1C1CC1. The van der Waals surface area contributed by atoms with E-state index in [0.717, 1.165) is 24.3 Å². The zero-order chi connectivity index (χ0) is 13.7. The van der Waals surface area contributed by atoms with E-state index in [4.69, 9.17) is 0 Å². The van der Waals surface area contributed by atoms with Crippen molar-refractivity contribution in [2.24, 2.45) is 11.8 Å². The van der Waals surface area contributed by atoms with Crippen LogP contribution in [-0.2, 0) is 6.54 Å². The fraction of sp³-hybridized carbons (Fsp3) is 0.667. The van der Waals surface area contributed by atoms with Gasteiger partial charge in [-0.3, -0.25) is 4.90 Å². The molecule has 2 unspecified atom stereocenters. The standard InChI is InChI=1S/C18H26N2/c1-18(2)17-10-19-9-15(17)12-20(18)11-14-5-3-4-6-16(14)13-7-8-13/h3-6,13,15,17,19H,7-12H2,1-2H3. The number of benzene rings is 1. The van der Waals surface area contributed by atoms with Crippen LogP contribution in [0, 0.1) is 11.8 Å². The highest BCUT2D eigenvalue weighted by Crippen LogP contribution is 2.44. The summed E-state index contributed by atoms with van der Waals surface area (Å²) >= 11 is 0. The summed E-state index contributed by atoms with van der Waals surface area (Å²) < 4.78 is 0. The molecule has 2 heterocycles. The lowest BCUT2D eigenvalue weighted by Crippen LogP contribution is -2.44.